The Kier molecular flexibility index (Phi) is 7.41. The first-order valence-corrected chi connectivity index (χ1v) is 7.14. The van der Waals surface area contributed by atoms with E-state index in [9.17, 15) is 0 Å². The Balaban J connectivity index is 2.37. The normalized spacial score (nSPS) is 17.5. The molecule has 0 N–H and O–H groups in total. The molecule has 0 fully saturated rings. The first kappa shape index (κ1) is 16.2. The van der Waals surface area contributed by atoms with Crippen LogP contribution in [0.15, 0.2) is 64.6 Å². The minimum Gasteiger partial charge on any atom is -0.497 e. The molecule has 2 nitrogen and oxygen atoms in total. The zero-order valence-electron chi connectivity index (χ0n) is 13.0. The monoisotopic (exact) mass is 271 g/mol. The Morgan fingerprint density at radius 1 is 1.40 bits per heavy atom. The lowest BCUT2D eigenvalue weighted by molar-refractivity contribution is 0.302. The van der Waals surface area contributed by atoms with Gasteiger partial charge in [0.1, 0.15) is 5.76 Å². The molecule has 0 amide bonds. The zero-order valence-corrected chi connectivity index (χ0v) is 13.0. The standard InChI is InChI=1S/C18H25NO/c1-5-6-7-11-17(20-4)13-15(2)10-8-9-12-18-16(3)14-19-18/h5-7,9,11-15H,8,10H2,1-4H3/b6-5-,11-7-,12-9-,17-13-. The highest BCUT2D eigenvalue weighted by molar-refractivity contribution is 5.87. The van der Waals surface area contributed by atoms with E-state index in [-0.39, 0.29) is 0 Å². The average Bonchev–Trinajstić information content (AvgIpc) is 2.44. The van der Waals surface area contributed by atoms with E-state index in [2.05, 4.69) is 37.1 Å². The van der Waals surface area contributed by atoms with E-state index in [1.165, 1.54) is 5.57 Å². The molecular formula is C18H25NO. The molecule has 0 aromatic rings. The van der Waals surface area contributed by atoms with Crippen molar-refractivity contribution in [2.75, 3.05) is 7.11 Å². The van der Waals surface area contributed by atoms with E-state index < -0.39 is 0 Å². The largest absolute Gasteiger partial charge is 0.497 e. The Hall–Kier alpha value is -1.83. The van der Waals surface area contributed by atoms with Gasteiger partial charge in [-0.15, -0.1) is 0 Å². The molecule has 108 valence electrons. The molecule has 1 heterocycles. The van der Waals surface area contributed by atoms with Crippen molar-refractivity contribution in [1.29, 1.82) is 0 Å². The predicted octanol–water partition coefficient (Wildman–Crippen LogP) is 4.98. The van der Waals surface area contributed by atoms with Gasteiger partial charge in [0, 0.05) is 6.21 Å². The molecule has 20 heavy (non-hydrogen) atoms. The summed E-state index contributed by atoms with van der Waals surface area (Å²) in [5.74, 6) is 1.41. The second kappa shape index (κ2) is 9.13. The lowest BCUT2D eigenvalue weighted by atomic mass is 10.0. The van der Waals surface area contributed by atoms with Crippen molar-refractivity contribution in [2.45, 2.75) is 33.6 Å². The quantitative estimate of drug-likeness (QED) is 0.450. The molecule has 0 aromatic heterocycles. The molecule has 1 rings (SSSR count). The number of rotatable bonds is 8. The molecule has 1 aliphatic heterocycles. The lowest BCUT2D eigenvalue weighted by Gasteiger charge is -2.08. The van der Waals surface area contributed by atoms with Crippen molar-refractivity contribution in [3.05, 3.63) is 59.6 Å². The summed E-state index contributed by atoms with van der Waals surface area (Å²) in [6.07, 6.45) is 18.5. The average molecular weight is 271 g/mol. The van der Waals surface area contributed by atoms with E-state index >= 15 is 0 Å². The lowest BCUT2D eigenvalue weighted by Crippen LogP contribution is -1.95. The van der Waals surface area contributed by atoms with Crippen molar-refractivity contribution in [1.82, 2.24) is 0 Å². The van der Waals surface area contributed by atoms with Gasteiger partial charge in [-0.3, -0.25) is 4.99 Å². The fraction of sp³-hybridized carbons (Fsp3) is 0.389. The molecule has 1 aliphatic rings. The van der Waals surface area contributed by atoms with Gasteiger partial charge in [-0.2, -0.15) is 0 Å². The Morgan fingerprint density at radius 2 is 2.20 bits per heavy atom. The molecule has 0 saturated carbocycles. The summed E-state index contributed by atoms with van der Waals surface area (Å²) >= 11 is 0. The second-order valence-corrected chi connectivity index (χ2v) is 4.94. The maximum Gasteiger partial charge on any atom is 0.115 e. The number of nitrogens with zero attached hydrogens (tertiary/aromatic N) is 1. The predicted molar refractivity (Wildman–Crippen MR) is 87.8 cm³/mol. The SMILES string of the molecule is C\C=C/C=C\C(=C\C(C)CC/C=C\C1=C(C)C=N1)OC. The second-order valence-electron chi connectivity index (χ2n) is 4.94. The maximum absolute atomic E-state index is 5.35. The number of allylic oxidation sites excluding steroid dienone is 8. The summed E-state index contributed by atoms with van der Waals surface area (Å²) < 4.78 is 5.35. The van der Waals surface area contributed by atoms with Crippen LogP contribution in [0, 0.1) is 5.92 Å². The van der Waals surface area contributed by atoms with E-state index in [1.54, 1.807) is 7.11 Å². The van der Waals surface area contributed by atoms with Crippen molar-refractivity contribution >= 4 is 6.21 Å². The van der Waals surface area contributed by atoms with Gasteiger partial charge >= 0.3 is 0 Å². The van der Waals surface area contributed by atoms with Crippen LogP contribution in [0.25, 0.3) is 0 Å². The van der Waals surface area contributed by atoms with E-state index in [0.717, 1.165) is 24.3 Å². The minimum absolute atomic E-state index is 0.491. The van der Waals surface area contributed by atoms with Crippen LogP contribution in [-0.4, -0.2) is 13.3 Å². The zero-order chi connectivity index (χ0) is 14.8. The molecule has 0 radical (unpaired) electrons. The molecule has 0 bridgehead atoms. The van der Waals surface area contributed by atoms with Crippen LogP contribution < -0.4 is 0 Å². The van der Waals surface area contributed by atoms with Crippen molar-refractivity contribution in [2.24, 2.45) is 10.9 Å². The van der Waals surface area contributed by atoms with Crippen LogP contribution in [0.2, 0.25) is 0 Å². The van der Waals surface area contributed by atoms with Crippen molar-refractivity contribution in [3.63, 3.8) is 0 Å². The molecule has 0 aliphatic carbocycles. The molecule has 0 aromatic carbocycles. The molecule has 1 atom stereocenters. The number of hydrogen-bond donors (Lipinski definition) is 0. The highest BCUT2D eigenvalue weighted by atomic mass is 16.5. The summed E-state index contributed by atoms with van der Waals surface area (Å²) in [6.45, 7) is 6.29. The van der Waals surface area contributed by atoms with Gasteiger partial charge in [0.05, 0.1) is 12.8 Å². The van der Waals surface area contributed by atoms with Crippen LogP contribution in [0.1, 0.15) is 33.6 Å². The van der Waals surface area contributed by atoms with Crippen LogP contribution in [-0.2, 0) is 4.74 Å². The number of ether oxygens (including phenoxy) is 1. The van der Waals surface area contributed by atoms with Gasteiger partial charge in [-0.1, -0.05) is 31.2 Å². The Labute approximate surface area is 122 Å². The summed E-state index contributed by atoms with van der Waals surface area (Å²) in [4.78, 5) is 4.19. The van der Waals surface area contributed by atoms with Crippen molar-refractivity contribution in [3.8, 4) is 0 Å². The summed E-state index contributed by atoms with van der Waals surface area (Å²) in [6, 6.07) is 0. The van der Waals surface area contributed by atoms with Crippen LogP contribution in [0.3, 0.4) is 0 Å². The third-order valence-corrected chi connectivity index (χ3v) is 3.11. The number of methoxy groups -OCH3 is 1. The molecular weight excluding hydrogens is 246 g/mol. The van der Waals surface area contributed by atoms with Crippen molar-refractivity contribution < 1.29 is 4.74 Å². The van der Waals surface area contributed by atoms with E-state index in [1.807, 2.05) is 37.4 Å². The van der Waals surface area contributed by atoms with E-state index in [0.29, 0.717) is 5.92 Å². The molecule has 0 saturated heterocycles. The third kappa shape index (κ3) is 5.87. The maximum atomic E-state index is 5.35. The minimum atomic E-state index is 0.491. The Morgan fingerprint density at radius 3 is 2.75 bits per heavy atom. The number of aliphatic imine (C=N–C) groups is 1. The summed E-state index contributed by atoms with van der Waals surface area (Å²) in [5, 5.41) is 0. The van der Waals surface area contributed by atoms with Gasteiger partial charge in [0.15, 0.2) is 0 Å². The molecule has 0 spiro atoms. The molecule has 2 heteroatoms. The van der Waals surface area contributed by atoms with Gasteiger partial charge in [-0.05, 0) is 56.4 Å². The first-order chi connectivity index (χ1) is 9.67. The molecule has 1 unspecified atom stereocenters. The smallest absolute Gasteiger partial charge is 0.115 e. The van der Waals surface area contributed by atoms with E-state index in [4.69, 9.17) is 4.74 Å². The fourth-order valence-electron chi connectivity index (χ4n) is 1.81. The van der Waals surface area contributed by atoms with Crippen LogP contribution in [0.4, 0.5) is 0 Å². The van der Waals surface area contributed by atoms with Crippen LogP contribution in [0.5, 0.6) is 0 Å². The third-order valence-electron chi connectivity index (χ3n) is 3.11. The Bertz CT molecular complexity index is 476. The number of hydrogen-bond acceptors (Lipinski definition) is 2. The highest BCUT2D eigenvalue weighted by Crippen LogP contribution is 2.16. The summed E-state index contributed by atoms with van der Waals surface area (Å²) in [7, 11) is 1.71. The van der Waals surface area contributed by atoms with Gasteiger partial charge in [-0.25, -0.2) is 0 Å². The van der Waals surface area contributed by atoms with Gasteiger partial charge in [0.2, 0.25) is 0 Å². The van der Waals surface area contributed by atoms with Gasteiger partial charge in [0.25, 0.3) is 0 Å². The fourth-order valence-corrected chi connectivity index (χ4v) is 1.81. The first-order valence-electron chi connectivity index (χ1n) is 7.14. The van der Waals surface area contributed by atoms with Crippen LogP contribution >= 0.6 is 0 Å². The van der Waals surface area contributed by atoms with Gasteiger partial charge < -0.3 is 4.74 Å². The summed E-state index contributed by atoms with van der Waals surface area (Å²) in [5.41, 5.74) is 2.38. The topological polar surface area (TPSA) is 21.6 Å². The highest BCUT2D eigenvalue weighted by Gasteiger charge is 2.02.